The number of hydrogen-bond donors (Lipinski definition) is 2. The van der Waals surface area contributed by atoms with Gasteiger partial charge in [-0.1, -0.05) is 30.3 Å². The molecule has 0 fully saturated rings. The number of thiocarbonyl (C=S) groups is 1. The van der Waals surface area contributed by atoms with E-state index in [0.29, 0.717) is 11.7 Å². The van der Waals surface area contributed by atoms with Gasteiger partial charge in [-0.3, -0.25) is 0 Å². The number of nitrogens with zero attached hydrogens (tertiary/aromatic N) is 1. The fourth-order valence-electron chi connectivity index (χ4n) is 2.22. The van der Waals surface area contributed by atoms with Crippen LogP contribution in [0.1, 0.15) is 11.3 Å². The third kappa shape index (κ3) is 4.21. The molecule has 0 saturated heterocycles. The van der Waals surface area contributed by atoms with Crippen LogP contribution in [0.5, 0.6) is 0 Å². The summed E-state index contributed by atoms with van der Waals surface area (Å²) in [5, 5.41) is 6.73. The van der Waals surface area contributed by atoms with E-state index < -0.39 is 0 Å². The number of furan rings is 1. The zero-order chi connectivity index (χ0) is 16.9. The molecule has 0 radical (unpaired) electrons. The number of aryl methyl sites for hydroxylation is 1. The molecule has 3 aromatic rings. The highest BCUT2D eigenvalue weighted by molar-refractivity contribution is 9.10. The molecule has 3 rings (SSSR count). The van der Waals surface area contributed by atoms with E-state index in [-0.39, 0.29) is 0 Å². The molecule has 0 aliphatic heterocycles. The van der Waals surface area contributed by atoms with E-state index in [2.05, 4.69) is 31.5 Å². The van der Waals surface area contributed by atoms with Crippen molar-refractivity contribution in [2.24, 2.45) is 0 Å². The Bertz CT molecular complexity index is 848. The lowest BCUT2D eigenvalue weighted by Crippen LogP contribution is -2.28. The fraction of sp³-hybridized carbons (Fsp3) is 0.111. The summed E-state index contributed by atoms with van der Waals surface area (Å²) in [7, 11) is 0. The minimum absolute atomic E-state index is 0.505. The number of hydrogen-bond acceptors (Lipinski definition) is 3. The first-order chi connectivity index (χ1) is 11.6. The van der Waals surface area contributed by atoms with Crippen LogP contribution in [-0.2, 0) is 6.54 Å². The van der Waals surface area contributed by atoms with Crippen LogP contribution in [0.3, 0.4) is 0 Å². The van der Waals surface area contributed by atoms with E-state index >= 15 is 0 Å². The van der Waals surface area contributed by atoms with Gasteiger partial charge in [-0.15, -0.1) is 0 Å². The molecule has 4 nitrogen and oxygen atoms in total. The normalized spacial score (nSPS) is 10.4. The molecule has 0 spiro atoms. The summed E-state index contributed by atoms with van der Waals surface area (Å²) in [6.45, 7) is 2.48. The Balaban J connectivity index is 1.58. The molecule has 6 heteroatoms. The zero-order valence-corrected chi connectivity index (χ0v) is 15.4. The lowest BCUT2D eigenvalue weighted by molar-refractivity contribution is 0.516. The van der Waals surface area contributed by atoms with E-state index in [0.717, 1.165) is 32.9 Å². The maximum Gasteiger partial charge on any atom is 0.172 e. The van der Waals surface area contributed by atoms with E-state index in [1.54, 1.807) is 6.20 Å². The molecular weight excluding hydrogens is 386 g/mol. The third-order valence-electron chi connectivity index (χ3n) is 3.42. The first-order valence-electron chi connectivity index (χ1n) is 7.43. The van der Waals surface area contributed by atoms with E-state index in [1.165, 1.54) is 0 Å². The number of anilines is 1. The molecule has 2 aromatic heterocycles. The molecule has 0 atom stereocenters. The number of pyridine rings is 1. The van der Waals surface area contributed by atoms with Crippen molar-refractivity contribution in [3.8, 4) is 11.3 Å². The second-order valence-corrected chi connectivity index (χ2v) is 6.58. The van der Waals surface area contributed by atoms with Crippen LogP contribution in [0.4, 0.5) is 5.82 Å². The standard InChI is InChI=1S/C18H16BrN3OS/c1-12-9-14(19)10-20-17(12)22-18(24)21-11-15-7-8-16(23-15)13-5-3-2-4-6-13/h2-10H,11H2,1H3,(H2,20,21,22,24). The molecule has 122 valence electrons. The Morgan fingerprint density at radius 3 is 2.75 bits per heavy atom. The summed E-state index contributed by atoms with van der Waals surface area (Å²) >= 11 is 8.71. The van der Waals surface area contributed by atoms with Crippen LogP contribution in [0, 0.1) is 6.92 Å². The van der Waals surface area contributed by atoms with Gasteiger partial charge < -0.3 is 15.1 Å². The fourth-order valence-corrected chi connectivity index (χ4v) is 2.84. The second-order valence-electron chi connectivity index (χ2n) is 5.26. The molecule has 0 amide bonds. The van der Waals surface area contributed by atoms with Crippen LogP contribution >= 0.6 is 28.1 Å². The van der Waals surface area contributed by atoms with Gasteiger partial charge in [0.1, 0.15) is 17.3 Å². The van der Waals surface area contributed by atoms with Gasteiger partial charge in [-0.25, -0.2) is 4.98 Å². The molecule has 24 heavy (non-hydrogen) atoms. The predicted octanol–water partition coefficient (Wildman–Crippen LogP) is 4.90. The smallest absolute Gasteiger partial charge is 0.172 e. The van der Waals surface area contributed by atoms with Gasteiger partial charge in [0.25, 0.3) is 0 Å². The molecular formula is C18H16BrN3OS. The van der Waals surface area contributed by atoms with Crippen LogP contribution in [-0.4, -0.2) is 10.1 Å². The number of nitrogens with one attached hydrogen (secondary N) is 2. The maximum absolute atomic E-state index is 5.84. The van der Waals surface area contributed by atoms with Crippen molar-refractivity contribution in [1.29, 1.82) is 0 Å². The number of benzene rings is 1. The van der Waals surface area contributed by atoms with Crippen molar-refractivity contribution in [2.75, 3.05) is 5.32 Å². The lowest BCUT2D eigenvalue weighted by Gasteiger charge is -2.11. The first-order valence-corrected chi connectivity index (χ1v) is 8.63. The van der Waals surface area contributed by atoms with Crippen molar-refractivity contribution in [1.82, 2.24) is 10.3 Å². The lowest BCUT2D eigenvalue weighted by atomic mass is 10.2. The number of aromatic nitrogens is 1. The molecule has 0 bridgehead atoms. The van der Waals surface area contributed by atoms with Crippen molar-refractivity contribution >= 4 is 39.1 Å². The average molecular weight is 402 g/mol. The highest BCUT2D eigenvalue weighted by Crippen LogP contribution is 2.21. The van der Waals surface area contributed by atoms with Crippen LogP contribution in [0.2, 0.25) is 0 Å². The summed E-state index contributed by atoms with van der Waals surface area (Å²) in [6.07, 6.45) is 1.73. The Morgan fingerprint density at radius 1 is 1.21 bits per heavy atom. The van der Waals surface area contributed by atoms with E-state index in [1.807, 2.05) is 55.5 Å². The molecule has 1 aromatic carbocycles. The molecule has 2 heterocycles. The largest absolute Gasteiger partial charge is 0.459 e. The van der Waals surface area contributed by atoms with Gasteiger partial charge in [0.15, 0.2) is 5.11 Å². The average Bonchev–Trinajstić information content (AvgIpc) is 3.05. The molecule has 0 aliphatic rings. The Hall–Kier alpha value is -2.18. The summed E-state index contributed by atoms with van der Waals surface area (Å²) in [5.41, 5.74) is 2.07. The van der Waals surface area contributed by atoms with Crippen molar-refractivity contribution in [3.05, 3.63) is 70.5 Å². The van der Waals surface area contributed by atoms with Crippen LogP contribution < -0.4 is 10.6 Å². The van der Waals surface area contributed by atoms with Gasteiger partial charge in [0, 0.05) is 16.2 Å². The summed E-state index contributed by atoms with van der Waals surface area (Å²) in [6, 6.07) is 15.9. The highest BCUT2D eigenvalue weighted by Gasteiger charge is 2.06. The SMILES string of the molecule is Cc1cc(Br)cnc1NC(=S)NCc1ccc(-c2ccccc2)o1. The van der Waals surface area contributed by atoms with Crippen LogP contribution in [0.25, 0.3) is 11.3 Å². The van der Waals surface area contributed by atoms with Crippen molar-refractivity contribution in [3.63, 3.8) is 0 Å². The summed E-state index contributed by atoms with van der Waals surface area (Å²) < 4.78 is 6.78. The monoisotopic (exact) mass is 401 g/mol. The topological polar surface area (TPSA) is 50.1 Å². The minimum Gasteiger partial charge on any atom is -0.459 e. The number of rotatable bonds is 4. The second kappa shape index (κ2) is 7.59. The van der Waals surface area contributed by atoms with E-state index in [9.17, 15) is 0 Å². The van der Waals surface area contributed by atoms with Gasteiger partial charge in [0.2, 0.25) is 0 Å². The highest BCUT2D eigenvalue weighted by atomic mass is 79.9. The predicted molar refractivity (Wildman–Crippen MR) is 104 cm³/mol. The van der Waals surface area contributed by atoms with Gasteiger partial charge >= 0.3 is 0 Å². The van der Waals surface area contributed by atoms with Gasteiger partial charge in [-0.2, -0.15) is 0 Å². The van der Waals surface area contributed by atoms with Gasteiger partial charge in [0.05, 0.1) is 6.54 Å². The summed E-state index contributed by atoms with van der Waals surface area (Å²) in [4.78, 5) is 4.31. The Labute approximate surface area is 154 Å². The van der Waals surface area contributed by atoms with E-state index in [4.69, 9.17) is 16.6 Å². The van der Waals surface area contributed by atoms with Crippen molar-refractivity contribution in [2.45, 2.75) is 13.5 Å². The molecule has 2 N–H and O–H groups in total. The van der Waals surface area contributed by atoms with Crippen molar-refractivity contribution < 1.29 is 4.42 Å². The quantitative estimate of drug-likeness (QED) is 0.608. The maximum atomic E-state index is 5.84. The number of halogens is 1. The van der Waals surface area contributed by atoms with Crippen LogP contribution in [0.15, 0.2) is 63.6 Å². The third-order valence-corrected chi connectivity index (χ3v) is 4.10. The minimum atomic E-state index is 0.505. The van der Waals surface area contributed by atoms with Gasteiger partial charge in [-0.05, 0) is 58.8 Å². The Kier molecular flexibility index (Phi) is 5.27. The first kappa shape index (κ1) is 16.7. The molecule has 0 saturated carbocycles. The molecule has 0 aliphatic carbocycles. The summed E-state index contributed by atoms with van der Waals surface area (Å²) in [5.74, 6) is 2.40. The molecule has 0 unspecified atom stereocenters. The zero-order valence-electron chi connectivity index (χ0n) is 13.0. The Morgan fingerprint density at radius 2 is 2.00 bits per heavy atom.